The number of aromatic amines is 1. The van der Waals surface area contributed by atoms with E-state index in [-0.39, 0.29) is 6.73 Å². The number of hydrogen-bond donors (Lipinski definition) is 2. The minimum Gasteiger partial charge on any atom is -0.399 e. The first-order valence-corrected chi connectivity index (χ1v) is 12.2. The van der Waals surface area contributed by atoms with Gasteiger partial charge in [0.15, 0.2) is 0 Å². The molecule has 0 saturated heterocycles. The third kappa shape index (κ3) is 5.70. The van der Waals surface area contributed by atoms with Gasteiger partial charge in [-0.15, -0.1) is 0 Å². The summed E-state index contributed by atoms with van der Waals surface area (Å²) in [6, 6.07) is 9.71. The summed E-state index contributed by atoms with van der Waals surface area (Å²) in [4.78, 5) is 26.9. The zero-order valence-electron chi connectivity index (χ0n) is 14.2. The fraction of sp³-hybridized carbons (Fsp3) is 0.375. The Morgan fingerprint density at radius 1 is 1.25 bits per heavy atom. The van der Waals surface area contributed by atoms with Crippen molar-refractivity contribution in [3.63, 3.8) is 0 Å². The summed E-state index contributed by atoms with van der Waals surface area (Å²) in [5.74, 6) is 0. The van der Waals surface area contributed by atoms with Crippen LogP contribution in [0.3, 0.4) is 0 Å². The van der Waals surface area contributed by atoms with Gasteiger partial charge in [-0.25, -0.2) is 4.79 Å². The van der Waals surface area contributed by atoms with Crippen molar-refractivity contribution in [2.45, 2.75) is 42.3 Å². The molecule has 130 valence electrons. The predicted molar refractivity (Wildman–Crippen MR) is 100 cm³/mol. The summed E-state index contributed by atoms with van der Waals surface area (Å²) in [6.45, 7) is 7.52. The molecule has 6 nitrogen and oxygen atoms in total. The fourth-order valence-corrected chi connectivity index (χ4v) is 3.69. The molecule has 0 unspecified atom stereocenters. The number of rotatable bonds is 7. The maximum atomic E-state index is 12.1. The quantitative estimate of drug-likeness (QED) is 0.341. The first-order valence-electron chi connectivity index (χ1n) is 7.70. The van der Waals surface area contributed by atoms with E-state index < -0.39 is 19.3 Å². The second kappa shape index (κ2) is 7.87. The van der Waals surface area contributed by atoms with E-state index in [9.17, 15) is 9.59 Å². The van der Waals surface area contributed by atoms with E-state index in [0.717, 1.165) is 10.9 Å². The lowest BCUT2D eigenvalue weighted by molar-refractivity contribution is 0.0777. The molecule has 3 N–H and O–H groups in total. The van der Waals surface area contributed by atoms with Crippen LogP contribution in [0.15, 0.2) is 49.8 Å². The molecule has 2 rings (SSSR count). The molecule has 0 saturated carbocycles. The van der Waals surface area contributed by atoms with E-state index in [1.54, 1.807) is 12.1 Å². The zero-order chi connectivity index (χ0) is 17.7. The maximum absolute atomic E-state index is 12.1. The van der Waals surface area contributed by atoms with E-state index in [0.29, 0.717) is 17.3 Å². The minimum absolute atomic E-state index is 0.116. The third-order valence-corrected chi connectivity index (χ3v) is 6.03. The van der Waals surface area contributed by atoms with Crippen molar-refractivity contribution < 1.29 is 4.74 Å². The van der Waals surface area contributed by atoms with Crippen LogP contribution in [0.25, 0.3) is 0 Å². The van der Waals surface area contributed by atoms with Gasteiger partial charge in [0.25, 0.3) is 5.56 Å². The van der Waals surface area contributed by atoms with Crippen LogP contribution in [-0.2, 0) is 11.5 Å². The third-order valence-electron chi connectivity index (χ3n) is 3.29. The van der Waals surface area contributed by atoms with Gasteiger partial charge in [0.2, 0.25) is 0 Å². The molecule has 8 heteroatoms. The SMILES string of the molecule is C[Si](C)(C)CCOCn1c(Sc2cccc(N)c2)cc(=O)[nH]c1=O. The number of aromatic nitrogens is 2. The molecule has 2 aromatic rings. The molecule has 1 heterocycles. The number of nitrogens with one attached hydrogen (secondary N) is 1. The lowest BCUT2D eigenvalue weighted by Gasteiger charge is -2.16. The average Bonchev–Trinajstić information content (AvgIpc) is 2.44. The number of hydrogen-bond acceptors (Lipinski definition) is 5. The van der Waals surface area contributed by atoms with E-state index in [1.807, 2.05) is 12.1 Å². The Kier molecular flexibility index (Phi) is 6.08. The number of nitrogen functional groups attached to an aromatic ring is 1. The summed E-state index contributed by atoms with van der Waals surface area (Å²) in [6.07, 6.45) is 0. The van der Waals surface area contributed by atoms with Crippen molar-refractivity contribution in [2.75, 3.05) is 12.3 Å². The standard InChI is InChI=1S/C16H23N3O3SSi/c1-24(2,3)8-7-22-11-19-15(10-14(20)18-16(19)21)23-13-6-4-5-12(17)9-13/h4-6,9-10H,7-8,11,17H2,1-3H3,(H,18,20,21). The predicted octanol–water partition coefficient (Wildman–Crippen LogP) is 2.58. The molecule has 1 aromatic heterocycles. The van der Waals surface area contributed by atoms with Crippen LogP contribution < -0.4 is 17.0 Å². The molecule has 0 aliphatic heterocycles. The van der Waals surface area contributed by atoms with Crippen molar-refractivity contribution in [3.8, 4) is 0 Å². The van der Waals surface area contributed by atoms with Gasteiger partial charge >= 0.3 is 5.69 Å². The molecule has 1 aromatic carbocycles. The number of benzene rings is 1. The molecule has 0 atom stereocenters. The largest absolute Gasteiger partial charge is 0.399 e. The fourth-order valence-electron chi connectivity index (χ4n) is 1.94. The summed E-state index contributed by atoms with van der Waals surface area (Å²) >= 11 is 1.31. The number of anilines is 1. The summed E-state index contributed by atoms with van der Waals surface area (Å²) in [7, 11) is -1.19. The van der Waals surface area contributed by atoms with Crippen molar-refractivity contribution in [3.05, 3.63) is 51.2 Å². The summed E-state index contributed by atoms with van der Waals surface area (Å²) < 4.78 is 7.09. The molecule has 0 bridgehead atoms. The highest BCUT2D eigenvalue weighted by Crippen LogP contribution is 2.27. The summed E-state index contributed by atoms with van der Waals surface area (Å²) in [5, 5.41) is 0.530. The second-order valence-corrected chi connectivity index (χ2v) is 13.4. The van der Waals surface area contributed by atoms with Gasteiger partial charge in [-0.1, -0.05) is 37.5 Å². The molecule has 0 radical (unpaired) electrons. The van der Waals surface area contributed by atoms with E-state index in [1.165, 1.54) is 22.4 Å². The molecule has 0 fully saturated rings. The Morgan fingerprint density at radius 2 is 2.00 bits per heavy atom. The molecule has 0 aliphatic rings. The highest BCUT2D eigenvalue weighted by molar-refractivity contribution is 7.99. The number of nitrogens with zero attached hydrogens (tertiary/aromatic N) is 1. The average molecular weight is 366 g/mol. The molecule has 0 amide bonds. The number of H-pyrrole nitrogens is 1. The second-order valence-electron chi connectivity index (χ2n) is 6.73. The van der Waals surface area contributed by atoms with E-state index in [2.05, 4.69) is 24.6 Å². The van der Waals surface area contributed by atoms with Crippen molar-refractivity contribution in [1.29, 1.82) is 0 Å². The lowest BCUT2D eigenvalue weighted by Crippen LogP contribution is -2.32. The molecule has 0 spiro atoms. The van der Waals surface area contributed by atoms with Gasteiger partial charge in [0, 0.05) is 31.3 Å². The Bertz CT molecular complexity index is 811. The maximum Gasteiger partial charge on any atom is 0.331 e. The van der Waals surface area contributed by atoms with Crippen LogP contribution in [0, 0.1) is 0 Å². The van der Waals surface area contributed by atoms with Crippen LogP contribution in [0.1, 0.15) is 0 Å². The molecular formula is C16H23N3O3SSi. The minimum atomic E-state index is -1.19. The number of nitrogens with two attached hydrogens (primary N) is 1. The highest BCUT2D eigenvalue weighted by atomic mass is 32.2. The van der Waals surface area contributed by atoms with Crippen LogP contribution >= 0.6 is 11.8 Å². The Balaban J connectivity index is 2.18. The number of ether oxygens (including phenoxy) is 1. The van der Waals surface area contributed by atoms with Gasteiger partial charge in [-0.2, -0.15) is 0 Å². The Morgan fingerprint density at radius 3 is 2.67 bits per heavy atom. The zero-order valence-corrected chi connectivity index (χ0v) is 16.0. The van der Waals surface area contributed by atoms with Crippen molar-refractivity contribution >= 4 is 25.5 Å². The topological polar surface area (TPSA) is 90.1 Å². The van der Waals surface area contributed by atoms with Gasteiger partial charge < -0.3 is 10.5 Å². The van der Waals surface area contributed by atoms with Gasteiger partial charge in [0.1, 0.15) is 6.73 Å². The van der Waals surface area contributed by atoms with Crippen LogP contribution in [0.4, 0.5) is 5.69 Å². The normalized spacial score (nSPS) is 11.6. The van der Waals surface area contributed by atoms with Crippen molar-refractivity contribution in [1.82, 2.24) is 9.55 Å². The van der Waals surface area contributed by atoms with Crippen LogP contribution in [0.2, 0.25) is 25.7 Å². The molecular weight excluding hydrogens is 342 g/mol. The molecule has 24 heavy (non-hydrogen) atoms. The first-order chi connectivity index (χ1) is 11.2. The summed E-state index contributed by atoms with van der Waals surface area (Å²) in [5.41, 5.74) is 5.51. The van der Waals surface area contributed by atoms with E-state index in [4.69, 9.17) is 10.5 Å². The first kappa shape index (κ1) is 18.6. The lowest BCUT2D eigenvalue weighted by atomic mass is 10.3. The van der Waals surface area contributed by atoms with E-state index >= 15 is 0 Å². The van der Waals surface area contributed by atoms with Crippen LogP contribution in [0.5, 0.6) is 0 Å². The molecule has 0 aliphatic carbocycles. The van der Waals surface area contributed by atoms with Crippen LogP contribution in [-0.4, -0.2) is 24.2 Å². The van der Waals surface area contributed by atoms with Gasteiger partial charge in [-0.05, 0) is 24.2 Å². The van der Waals surface area contributed by atoms with Crippen molar-refractivity contribution in [2.24, 2.45) is 0 Å². The van der Waals surface area contributed by atoms with Gasteiger partial charge in [-0.3, -0.25) is 14.3 Å². The van der Waals surface area contributed by atoms with Gasteiger partial charge in [0.05, 0.1) is 5.03 Å². The Hall–Kier alpha value is -1.77. The smallest absolute Gasteiger partial charge is 0.331 e. The monoisotopic (exact) mass is 365 g/mol. The highest BCUT2D eigenvalue weighted by Gasteiger charge is 2.13. The Labute approximate surface area is 146 Å².